The molecule has 0 spiro atoms. The van der Waals surface area contributed by atoms with Crippen molar-refractivity contribution < 1.29 is 4.84 Å². The van der Waals surface area contributed by atoms with E-state index in [1.807, 2.05) is 6.92 Å². The molecule has 0 aromatic carbocycles. The number of nitrogen functional groups attached to an aromatic ring is 2. The van der Waals surface area contributed by atoms with Gasteiger partial charge in [0.15, 0.2) is 5.82 Å². The number of rotatable bonds is 2. The van der Waals surface area contributed by atoms with Gasteiger partial charge in [-0.25, -0.2) is 0 Å². The highest BCUT2D eigenvalue weighted by Crippen LogP contribution is 2.09. The normalized spacial score (nSPS) is 8.82. The number of hydrogen-bond donors (Lipinski definition) is 2. The van der Waals surface area contributed by atoms with Crippen LogP contribution in [0.1, 0.15) is 6.92 Å². The molecule has 0 aliphatic carbocycles. The Morgan fingerprint density at radius 3 is 2.64 bits per heavy atom. The molecule has 0 bridgehead atoms. The van der Waals surface area contributed by atoms with Crippen molar-refractivity contribution in [3.8, 4) is 0 Å². The average molecular weight is 176 g/mol. The molecule has 1 rings (SSSR count). The summed E-state index contributed by atoms with van der Waals surface area (Å²) < 4.78 is 0. The highest BCUT2D eigenvalue weighted by molar-refractivity contribution is 7.59. The lowest BCUT2D eigenvalue weighted by Crippen LogP contribution is -2.14. The molecule has 5 nitrogen and oxygen atoms in total. The van der Waals surface area contributed by atoms with Crippen LogP contribution in [0.25, 0.3) is 0 Å². The van der Waals surface area contributed by atoms with Crippen LogP contribution in [0.5, 0.6) is 0 Å². The highest BCUT2D eigenvalue weighted by Gasteiger charge is 2.01. The first-order chi connectivity index (χ1) is 4.75. The molecule has 0 saturated carbocycles. The summed E-state index contributed by atoms with van der Waals surface area (Å²) in [5.74, 6) is 0.349. The Morgan fingerprint density at radius 1 is 1.64 bits per heavy atom. The maximum atomic E-state index is 5.44. The third-order valence-corrected chi connectivity index (χ3v) is 1.05. The minimum atomic E-state index is 0. The Morgan fingerprint density at radius 2 is 2.27 bits per heavy atom. The molecule has 0 amide bonds. The largest absolute Gasteiger partial charge is 0.395 e. The van der Waals surface area contributed by atoms with E-state index in [-0.39, 0.29) is 13.5 Å². The first kappa shape index (κ1) is 9.96. The van der Waals surface area contributed by atoms with Crippen LogP contribution >= 0.6 is 13.5 Å². The van der Waals surface area contributed by atoms with Gasteiger partial charge in [0.2, 0.25) is 0 Å². The van der Waals surface area contributed by atoms with Gasteiger partial charge >= 0.3 is 0 Å². The van der Waals surface area contributed by atoms with E-state index in [9.17, 15) is 0 Å². The molecule has 0 radical (unpaired) electrons. The predicted octanol–water partition coefficient (Wildman–Crippen LogP) is -0.391. The quantitative estimate of drug-likeness (QED) is 0.643. The Bertz CT molecular complexity index is 224. The maximum absolute atomic E-state index is 5.44. The Labute approximate surface area is 71.7 Å². The van der Waals surface area contributed by atoms with E-state index in [4.69, 9.17) is 16.3 Å². The van der Waals surface area contributed by atoms with Crippen LogP contribution in [0.4, 0.5) is 11.5 Å². The fourth-order valence-electron chi connectivity index (χ4n) is 0.579. The zero-order valence-corrected chi connectivity index (χ0v) is 7.24. The van der Waals surface area contributed by atoms with Crippen molar-refractivity contribution in [1.82, 2.24) is 9.94 Å². The summed E-state index contributed by atoms with van der Waals surface area (Å²) in [6.07, 6.45) is 1.45. The molecule has 1 heterocycles. The molecule has 0 saturated heterocycles. The van der Waals surface area contributed by atoms with Crippen molar-refractivity contribution in [2.24, 2.45) is 0 Å². The van der Waals surface area contributed by atoms with E-state index in [1.165, 1.54) is 11.0 Å². The summed E-state index contributed by atoms with van der Waals surface area (Å²) in [5.41, 5.74) is 11.3. The molecule has 0 aliphatic heterocycles. The van der Waals surface area contributed by atoms with Crippen LogP contribution in [0.3, 0.4) is 0 Å². The maximum Gasteiger partial charge on any atom is 0.186 e. The molecule has 6 heteroatoms. The molecular formula is C5H12N4OS. The predicted molar refractivity (Wildman–Crippen MR) is 48.6 cm³/mol. The van der Waals surface area contributed by atoms with Gasteiger partial charge in [0.25, 0.3) is 0 Å². The molecule has 1 aromatic heterocycles. The van der Waals surface area contributed by atoms with Crippen LogP contribution in [0.2, 0.25) is 0 Å². The first-order valence-electron chi connectivity index (χ1n) is 2.98. The summed E-state index contributed by atoms with van der Waals surface area (Å²) in [7, 11) is 0. The number of nitrogens with zero attached hydrogens (tertiary/aromatic N) is 2. The van der Waals surface area contributed by atoms with E-state index in [0.29, 0.717) is 18.1 Å². The van der Waals surface area contributed by atoms with E-state index >= 15 is 0 Å². The zero-order valence-electron chi connectivity index (χ0n) is 6.24. The van der Waals surface area contributed by atoms with Crippen molar-refractivity contribution >= 4 is 25.0 Å². The monoisotopic (exact) mass is 176 g/mol. The van der Waals surface area contributed by atoms with Crippen LogP contribution in [0, 0.1) is 0 Å². The standard InChI is InChI=1S/C5H10N4O.H2S/c1-2-10-9-5(7)4(6)3-8-9;/h3H,2,6-7H2,1H3;1H2. The van der Waals surface area contributed by atoms with Crippen molar-refractivity contribution in [3.05, 3.63) is 6.20 Å². The minimum Gasteiger partial charge on any atom is -0.395 e. The zero-order chi connectivity index (χ0) is 7.56. The molecule has 0 fully saturated rings. The topological polar surface area (TPSA) is 79.1 Å². The molecule has 0 aliphatic rings. The Balaban J connectivity index is 0.000001000. The second kappa shape index (κ2) is 3.97. The van der Waals surface area contributed by atoms with Crippen molar-refractivity contribution in [2.75, 3.05) is 18.1 Å². The summed E-state index contributed by atoms with van der Waals surface area (Å²) in [4.78, 5) is 6.16. The van der Waals surface area contributed by atoms with Gasteiger partial charge in [-0.05, 0) is 6.92 Å². The second-order valence-corrected chi connectivity index (χ2v) is 1.78. The summed E-state index contributed by atoms with van der Waals surface area (Å²) in [5, 5.41) is 3.75. The van der Waals surface area contributed by atoms with E-state index in [1.54, 1.807) is 0 Å². The molecule has 1 aromatic rings. The summed E-state index contributed by atoms with van der Waals surface area (Å²) in [6, 6.07) is 0. The van der Waals surface area contributed by atoms with Gasteiger partial charge < -0.3 is 16.3 Å². The van der Waals surface area contributed by atoms with E-state index < -0.39 is 0 Å². The van der Waals surface area contributed by atoms with Gasteiger partial charge in [0.05, 0.1) is 11.9 Å². The highest BCUT2D eigenvalue weighted by atomic mass is 32.1. The van der Waals surface area contributed by atoms with Gasteiger partial charge in [0.1, 0.15) is 6.61 Å². The fourth-order valence-corrected chi connectivity index (χ4v) is 0.579. The van der Waals surface area contributed by atoms with Gasteiger partial charge in [0, 0.05) is 0 Å². The van der Waals surface area contributed by atoms with Crippen LogP contribution in [-0.2, 0) is 0 Å². The van der Waals surface area contributed by atoms with Gasteiger partial charge in [-0.1, -0.05) is 4.85 Å². The van der Waals surface area contributed by atoms with Gasteiger partial charge in [-0.3, -0.25) is 0 Å². The molecule has 64 valence electrons. The fraction of sp³-hybridized carbons (Fsp3) is 0.400. The van der Waals surface area contributed by atoms with Crippen molar-refractivity contribution in [1.29, 1.82) is 0 Å². The first-order valence-corrected chi connectivity index (χ1v) is 2.98. The lowest BCUT2D eigenvalue weighted by molar-refractivity contribution is 0.0979. The lowest BCUT2D eigenvalue weighted by Gasteiger charge is -2.01. The number of aromatic nitrogens is 2. The summed E-state index contributed by atoms with van der Waals surface area (Å²) >= 11 is 0. The number of anilines is 2. The molecular weight excluding hydrogens is 164 g/mol. The second-order valence-electron chi connectivity index (χ2n) is 1.78. The van der Waals surface area contributed by atoms with Crippen molar-refractivity contribution in [2.45, 2.75) is 6.92 Å². The van der Waals surface area contributed by atoms with Crippen LogP contribution < -0.4 is 16.3 Å². The van der Waals surface area contributed by atoms with Gasteiger partial charge in [-0.15, -0.1) is 5.10 Å². The lowest BCUT2D eigenvalue weighted by atomic mass is 10.5. The van der Waals surface area contributed by atoms with Crippen LogP contribution in [0.15, 0.2) is 6.20 Å². The number of hydrogen-bond acceptors (Lipinski definition) is 4. The van der Waals surface area contributed by atoms with Gasteiger partial charge in [-0.2, -0.15) is 13.5 Å². The third-order valence-electron chi connectivity index (χ3n) is 1.05. The molecule has 0 unspecified atom stereocenters. The van der Waals surface area contributed by atoms with E-state index in [2.05, 4.69) is 5.10 Å². The Hall–Kier alpha value is -1.04. The molecule has 4 N–H and O–H groups in total. The van der Waals surface area contributed by atoms with E-state index in [0.717, 1.165) is 0 Å². The van der Waals surface area contributed by atoms with Crippen molar-refractivity contribution in [3.63, 3.8) is 0 Å². The smallest absolute Gasteiger partial charge is 0.186 e. The average Bonchev–Trinajstić information content (AvgIpc) is 2.20. The SMILES string of the molecule is CCOn1ncc(N)c1N.S. The molecule has 0 atom stereocenters. The number of nitrogens with two attached hydrogens (primary N) is 2. The minimum absolute atomic E-state index is 0. The third kappa shape index (κ3) is 1.94. The Kier molecular flexibility index (Phi) is 3.59. The van der Waals surface area contributed by atoms with Crippen LogP contribution in [-0.4, -0.2) is 16.6 Å². The molecule has 11 heavy (non-hydrogen) atoms. The summed E-state index contributed by atoms with van der Waals surface area (Å²) in [6.45, 7) is 2.36.